The second-order valence-electron chi connectivity index (χ2n) is 3.07. The minimum absolute atomic E-state index is 0.00222. The highest BCUT2D eigenvalue weighted by atomic mass is 16.5. The summed E-state index contributed by atoms with van der Waals surface area (Å²) < 4.78 is 9.61. The molecule has 6 heteroatoms. The van der Waals surface area contributed by atoms with Crippen LogP contribution in [0.25, 0.3) is 0 Å². The first-order valence-electron chi connectivity index (χ1n) is 4.85. The largest absolute Gasteiger partial charge is 0.480 e. The highest BCUT2D eigenvalue weighted by molar-refractivity contribution is 5.80. The maximum absolute atomic E-state index is 11.2. The van der Waals surface area contributed by atoms with Crippen molar-refractivity contribution in [3.8, 4) is 12.3 Å². The lowest BCUT2D eigenvalue weighted by Crippen LogP contribution is -2.48. The number of hydrogen-bond donors (Lipinski definition) is 2. The van der Waals surface area contributed by atoms with E-state index in [0.29, 0.717) is 0 Å². The van der Waals surface area contributed by atoms with Crippen molar-refractivity contribution in [2.45, 2.75) is 19.1 Å². The van der Waals surface area contributed by atoms with E-state index in [9.17, 15) is 9.59 Å². The third-order valence-corrected chi connectivity index (χ3v) is 1.77. The highest BCUT2D eigenvalue weighted by Gasteiger charge is 2.27. The average Bonchev–Trinajstić information content (AvgIpc) is 2.29. The van der Waals surface area contributed by atoms with Gasteiger partial charge in [0, 0.05) is 0 Å². The quantitative estimate of drug-likeness (QED) is 0.497. The molecule has 0 spiro atoms. The van der Waals surface area contributed by atoms with E-state index < -0.39 is 24.2 Å². The van der Waals surface area contributed by atoms with Gasteiger partial charge in [0.05, 0.1) is 6.10 Å². The van der Waals surface area contributed by atoms with Crippen LogP contribution in [-0.2, 0) is 14.3 Å². The predicted octanol–water partition coefficient (Wildman–Crippen LogP) is 0.390. The van der Waals surface area contributed by atoms with Crippen LogP contribution in [0.4, 0.5) is 4.79 Å². The fourth-order valence-corrected chi connectivity index (χ4v) is 0.959. The second kappa shape index (κ2) is 8.19. The Balaban J connectivity index is 4.33. The van der Waals surface area contributed by atoms with Gasteiger partial charge < -0.3 is 19.9 Å². The second-order valence-corrected chi connectivity index (χ2v) is 3.07. The van der Waals surface area contributed by atoms with Crippen molar-refractivity contribution in [1.29, 1.82) is 0 Å². The maximum Gasteiger partial charge on any atom is 0.408 e. The molecule has 94 valence electrons. The number of rotatable bonds is 7. The molecule has 0 aromatic carbocycles. The van der Waals surface area contributed by atoms with Gasteiger partial charge in [0.2, 0.25) is 0 Å². The van der Waals surface area contributed by atoms with E-state index in [1.54, 1.807) is 0 Å². The van der Waals surface area contributed by atoms with Gasteiger partial charge in [-0.1, -0.05) is 18.6 Å². The van der Waals surface area contributed by atoms with Crippen molar-refractivity contribution in [2.24, 2.45) is 0 Å². The van der Waals surface area contributed by atoms with Crippen molar-refractivity contribution in [1.82, 2.24) is 5.32 Å². The normalized spacial score (nSPS) is 12.9. The molecular weight excluding hydrogens is 226 g/mol. The Labute approximate surface area is 99.6 Å². The first-order valence-corrected chi connectivity index (χ1v) is 4.85. The number of alkyl carbamates (subject to hydrolysis) is 1. The van der Waals surface area contributed by atoms with Gasteiger partial charge in [-0.15, -0.1) is 6.42 Å². The molecule has 2 atom stereocenters. The van der Waals surface area contributed by atoms with Crippen LogP contribution in [-0.4, -0.2) is 42.5 Å². The summed E-state index contributed by atoms with van der Waals surface area (Å²) in [4.78, 5) is 22.0. The van der Waals surface area contributed by atoms with Crippen LogP contribution in [0.15, 0.2) is 12.7 Å². The van der Waals surface area contributed by atoms with Crippen molar-refractivity contribution in [3.63, 3.8) is 0 Å². The molecule has 0 heterocycles. The summed E-state index contributed by atoms with van der Waals surface area (Å²) in [7, 11) is 0. The van der Waals surface area contributed by atoms with E-state index in [1.165, 1.54) is 13.0 Å². The number of carbonyl (C=O) groups is 2. The number of carboxylic acid groups (broad SMARTS) is 1. The molecule has 0 bridgehead atoms. The first-order chi connectivity index (χ1) is 8.02. The molecule has 0 fully saturated rings. The molecule has 0 radical (unpaired) electrons. The Morgan fingerprint density at radius 3 is 2.76 bits per heavy atom. The summed E-state index contributed by atoms with van der Waals surface area (Å²) in [6, 6.07) is -1.22. The number of aliphatic carboxylic acids is 1. The zero-order chi connectivity index (χ0) is 13.3. The van der Waals surface area contributed by atoms with Gasteiger partial charge in [-0.05, 0) is 6.92 Å². The molecule has 17 heavy (non-hydrogen) atoms. The minimum atomic E-state index is -1.23. The molecule has 0 aliphatic rings. The maximum atomic E-state index is 11.2. The van der Waals surface area contributed by atoms with Gasteiger partial charge in [-0.2, -0.15) is 0 Å². The highest BCUT2D eigenvalue weighted by Crippen LogP contribution is 2.00. The third kappa shape index (κ3) is 6.22. The van der Waals surface area contributed by atoms with Gasteiger partial charge in [-0.3, -0.25) is 0 Å². The zero-order valence-electron chi connectivity index (χ0n) is 9.51. The van der Waals surface area contributed by atoms with Crippen LogP contribution in [0, 0.1) is 12.3 Å². The summed E-state index contributed by atoms with van der Waals surface area (Å²) >= 11 is 0. The Morgan fingerprint density at radius 1 is 1.65 bits per heavy atom. The third-order valence-electron chi connectivity index (χ3n) is 1.77. The monoisotopic (exact) mass is 241 g/mol. The molecule has 0 aliphatic heterocycles. The minimum Gasteiger partial charge on any atom is -0.480 e. The van der Waals surface area contributed by atoms with Gasteiger partial charge in [0.15, 0.2) is 6.04 Å². The van der Waals surface area contributed by atoms with Crippen LogP contribution in [0.1, 0.15) is 6.92 Å². The lowest BCUT2D eigenvalue weighted by molar-refractivity contribution is -0.142. The van der Waals surface area contributed by atoms with Crippen molar-refractivity contribution >= 4 is 12.1 Å². The number of carbonyl (C=O) groups excluding carboxylic acids is 1. The molecule has 0 aromatic heterocycles. The van der Waals surface area contributed by atoms with E-state index in [-0.39, 0.29) is 13.2 Å². The predicted molar refractivity (Wildman–Crippen MR) is 60.4 cm³/mol. The Kier molecular flexibility index (Phi) is 7.22. The molecule has 0 rings (SSSR count). The molecule has 0 aliphatic carbocycles. The lowest BCUT2D eigenvalue weighted by Gasteiger charge is -2.20. The first kappa shape index (κ1) is 15.0. The standard InChI is InChI=1S/C11H15NO5/c1-4-6-16-8(3)9(10(13)14)12-11(15)17-7-5-2/h1,5,8-9H,2,6-7H2,3H3,(H,12,15)(H,13,14)/t8?,9-/m0/s1. The van der Waals surface area contributed by atoms with E-state index in [2.05, 4.69) is 22.6 Å². The number of nitrogens with one attached hydrogen (secondary N) is 1. The fraction of sp³-hybridized carbons (Fsp3) is 0.455. The van der Waals surface area contributed by atoms with Crippen LogP contribution in [0.3, 0.4) is 0 Å². The smallest absolute Gasteiger partial charge is 0.408 e. The number of ether oxygens (including phenoxy) is 2. The molecule has 0 saturated carbocycles. The Morgan fingerprint density at radius 2 is 2.29 bits per heavy atom. The van der Waals surface area contributed by atoms with Crippen LogP contribution >= 0.6 is 0 Å². The summed E-state index contributed by atoms with van der Waals surface area (Å²) in [5.74, 6) is 0.976. The van der Waals surface area contributed by atoms with Gasteiger partial charge in [-0.25, -0.2) is 9.59 Å². The topological polar surface area (TPSA) is 84.9 Å². The molecule has 6 nitrogen and oxygen atoms in total. The van der Waals surface area contributed by atoms with Gasteiger partial charge >= 0.3 is 12.1 Å². The van der Waals surface area contributed by atoms with Crippen LogP contribution in [0.2, 0.25) is 0 Å². The average molecular weight is 241 g/mol. The molecule has 0 aromatic rings. The summed E-state index contributed by atoms with van der Waals surface area (Å²) in [5.41, 5.74) is 0. The van der Waals surface area contributed by atoms with Crippen LogP contribution < -0.4 is 5.32 Å². The van der Waals surface area contributed by atoms with Crippen molar-refractivity contribution in [3.05, 3.63) is 12.7 Å². The summed E-state index contributed by atoms with van der Waals surface area (Å²) in [5, 5.41) is 11.1. The molecule has 0 saturated heterocycles. The fourth-order valence-electron chi connectivity index (χ4n) is 0.959. The molecule has 2 N–H and O–H groups in total. The molecular formula is C11H15NO5. The Bertz CT molecular complexity index is 320. The Hall–Kier alpha value is -2.00. The van der Waals surface area contributed by atoms with Gasteiger partial charge in [0.25, 0.3) is 0 Å². The lowest BCUT2D eigenvalue weighted by atomic mass is 10.2. The number of hydrogen-bond acceptors (Lipinski definition) is 4. The van der Waals surface area contributed by atoms with E-state index >= 15 is 0 Å². The van der Waals surface area contributed by atoms with Crippen molar-refractivity contribution < 1.29 is 24.2 Å². The van der Waals surface area contributed by atoms with Gasteiger partial charge in [0.1, 0.15) is 13.2 Å². The number of terminal acetylenes is 1. The van der Waals surface area contributed by atoms with E-state index in [4.69, 9.17) is 16.3 Å². The van der Waals surface area contributed by atoms with Crippen LogP contribution in [0.5, 0.6) is 0 Å². The number of amides is 1. The SMILES string of the molecule is C#CCOC(C)[C@H](NC(=O)OCC=C)C(=O)O. The molecule has 1 amide bonds. The number of carboxylic acids is 1. The van der Waals surface area contributed by atoms with E-state index in [1.807, 2.05) is 0 Å². The molecule has 1 unspecified atom stereocenters. The summed E-state index contributed by atoms with van der Waals surface area (Å²) in [6.07, 6.45) is 4.73. The van der Waals surface area contributed by atoms with E-state index in [0.717, 1.165) is 0 Å². The van der Waals surface area contributed by atoms with Crippen molar-refractivity contribution in [2.75, 3.05) is 13.2 Å². The zero-order valence-corrected chi connectivity index (χ0v) is 9.51. The summed E-state index contributed by atoms with van der Waals surface area (Å²) in [6.45, 7) is 4.81.